The fourth-order valence-corrected chi connectivity index (χ4v) is 2.84. The van der Waals surface area contributed by atoms with Crippen LogP contribution < -0.4 is 5.69 Å². The van der Waals surface area contributed by atoms with Crippen LogP contribution in [0.5, 0.6) is 0 Å². The van der Waals surface area contributed by atoms with Crippen LogP contribution in [0.15, 0.2) is 53.6 Å². The Morgan fingerprint density at radius 3 is 2.88 bits per heavy atom. The molecule has 6 heteroatoms. The Labute approximate surface area is 140 Å². The molecule has 2 heterocycles. The largest absolute Gasteiger partial charge is 0.372 e. The van der Waals surface area contributed by atoms with Gasteiger partial charge in [-0.05, 0) is 24.5 Å². The van der Waals surface area contributed by atoms with Crippen LogP contribution in [0.1, 0.15) is 18.4 Å². The maximum Gasteiger partial charge on any atom is 0.347 e. The van der Waals surface area contributed by atoms with Crippen molar-refractivity contribution in [1.29, 1.82) is 0 Å². The zero-order chi connectivity index (χ0) is 16.8. The monoisotopic (exact) mass is 327 g/mol. The van der Waals surface area contributed by atoms with Gasteiger partial charge in [-0.2, -0.15) is 0 Å². The fourth-order valence-electron chi connectivity index (χ4n) is 2.84. The fraction of sp³-hybridized carbons (Fsp3) is 0.389. The first-order valence-electron chi connectivity index (χ1n) is 8.17. The predicted molar refractivity (Wildman–Crippen MR) is 89.3 cm³/mol. The molecule has 1 aromatic heterocycles. The SMILES string of the molecule is O=C(Cn1cccnc1=O)N1CCC[C@H](OCc2ccccc2)C1. The molecule has 6 nitrogen and oxygen atoms in total. The van der Waals surface area contributed by atoms with E-state index in [1.165, 1.54) is 10.8 Å². The minimum atomic E-state index is -0.403. The maximum atomic E-state index is 12.4. The van der Waals surface area contributed by atoms with Crippen molar-refractivity contribution in [1.82, 2.24) is 14.5 Å². The summed E-state index contributed by atoms with van der Waals surface area (Å²) in [6.07, 6.45) is 4.91. The normalized spacial score (nSPS) is 17.7. The molecule has 0 radical (unpaired) electrons. The van der Waals surface area contributed by atoms with Gasteiger partial charge in [-0.3, -0.25) is 9.36 Å². The van der Waals surface area contributed by atoms with Gasteiger partial charge in [0, 0.05) is 25.5 Å². The molecule has 0 spiro atoms. The number of hydrogen-bond acceptors (Lipinski definition) is 4. The summed E-state index contributed by atoms with van der Waals surface area (Å²) in [5, 5.41) is 0. The molecule has 126 valence electrons. The van der Waals surface area contributed by atoms with Gasteiger partial charge < -0.3 is 9.64 Å². The standard InChI is InChI=1S/C18H21N3O3/c22-17(13-21-11-5-9-19-18(21)23)20-10-4-8-16(12-20)24-14-15-6-2-1-3-7-15/h1-3,5-7,9,11,16H,4,8,10,12-14H2/t16-/m0/s1. The van der Waals surface area contributed by atoms with Crippen LogP contribution in [-0.4, -0.2) is 39.6 Å². The second kappa shape index (κ2) is 7.88. The molecule has 1 atom stereocenters. The van der Waals surface area contributed by atoms with Crippen molar-refractivity contribution < 1.29 is 9.53 Å². The molecular formula is C18H21N3O3. The van der Waals surface area contributed by atoms with E-state index in [9.17, 15) is 9.59 Å². The lowest BCUT2D eigenvalue weighted by molar-refractivity contribution is -0.136. The van der Waals surface area contributed by atoms with E-state index in [0.717, 1.165) is 18.4 Å². The number of nitrogens with zero attached hydrogens (tertiary/aromatic N) is 3. The number of benzene rings is 1. The van der Waals surface area contributed by atoms with Gasteiger partial charge in [-0.25, -0.2) is 9.78 Å². The number of ether oxygens (including phenoxy) is 1. The molecule has 1 saturated heterocycles. The van der Waals surface area contributed by atoms with E-state index in [-0.39, 0.29) is 18.6 Å². The highest BCUT2D eigenvalue weighted by atomic mass is 16.5. The Hall–Kier alpha value is -2.47. The van der Waals surface area contributed by atoms with Crippen LogP contribution in [0.3, 0.4) is 0 Å². The number of hydrogen-bond donors (Lipinski definition) is 0. The van der Waals surface area contributed by atoms with Gasteiger partial charge in [-0.15, -0.1) is 0 Å². The van der Waals surface area contributed by atoms with E-state index in [2.05, 4.69) is 4.98 Å². The smallest absolute Gasteiger partial charge is 0.347 e. The molecular weight excluding hydrogens is 306 g/mol. The van der Waals surface area contributed by atoms with Crippen LogP contribution in [0.2, 0.25) is 0 Å². The quantitative estimate of drug-likeness (QED) is 0.834. The Morgan fingerprint density at radius 2 is 2.08 bits per heavy atom. The van der Waals surface area contributed by atoms with Crippen molar-refractivity contribution in [2.75, 3.05) is 13.1 Å². The number of likely N-dealkylation sites (tertiary alicyclic amines) is 1. The predicted octanol–water partition coefficient (Wildman–Crippen LogP) is 1.45. The zero-order valence-corrected chi connectivity index (χ0v) is 13.5. The summed E-state index contributed by atoms with van der Waals surface area (Å²) in [5.74, 6) is -0.0712. The van der Waals surface area contributed by atoms with Gasteiger partial charge in [0.1, 0.15) is 6.54 Å². The lowest BCUT2D eigenvalue weighted by Gasteiger charge is -2.32. The van der Waals surface area contributed by atoms with Gasteiger partial charge in [0.25, 0.3) is 0 Å². The van der Waals surface area contributed by atoms with Crippen molar-refractivity contribution in [2.24, 2.45) is 0 Å². The molecule has 1 aliphatic heterocycles. The van der Waals surface area contributed by atoms with Crippen LogP contribution in [0, 0.1) is 0 Å². The van der Waals surface area contributed by atoms with Crippen LogP contribution in [-0.2, 0) is 22.7 Å². The Balaban J connectivity index is 1.54. The molecule has 24 heavy (non-hydrogen) atoms. The highest BCUT2D eigenvalue weighted by Gasteiger charge is 2.24. The number of carbonyl (C=O) groups excluding carboxylic acids is 1. The summed E-state index contributed by atoms with van der Waals surface area (Å²) in [5.41, 5.74) is 0.725. The molecule has 0 N–H and O–H groups in total. The third-order valence-corrected chi connectivity index (χ3v) is 4.15. The molecule has 1 amide bonds. The minimum absolute atomic E-state index is 0.0259. The van der Waals surface area contributed by atoms with E-state index in [1.807, 2.05) is 30.3 Å². The van der Waals surface area contributed by atoms with Crippen LogP contribution in [0.25, 0.3) is 0 Å². The van der Waals surface area contributed by atoms with Crippen molar-refractivity contribution >= 4 is 5.91 Å². The van der Waals surface area contributed by atoms with Crippen molar-refractivity contribution in [3.05, 3.63) is 64.8 Å². The molecule has 2 aromatic rings. The molecule has 0 aliphatic carbocycles. The second-order valence-electron chi connectivity index (χ2n) is 5.93. The number of carbonyl (C=O) groups is 1. The van der Waals surface area contributed by atoms with Gasteiger partial charge in [-0.1, -0.05) is 30.3 Å². The summed E-state index contributed by atoms with van der Waals surface area (Å²) < 4.78 is 7.28. The first kappa shape index (κ1) is 16.4. The lowest BCUT2D eigenvalue weighted by atomic mass is 10.1. The summed E-state index contributed by atoms with van der Waals surface area (Å²) >= 11 is 0. The highest BCUT2D eigenvalue weighted by Crippen LogP contribution is 2.15. The highest BCUT2D eigenvalue weighted by molar-refractivity contribution is 5.76. The van der Waals surface area contributed by atoms with E-state index in [1.54, 1.807) is 17.2 Å². The third kappa shape index (κ3) is 4.29. The van der Waals surface area contributed by atoms with E-state index >= 15 is 0 Å². The second-order valence-corrected chi connectivity index (χ2v) is 5.93. The first-order valence-corrected chi connectivity index (χ1v) is 8.17. The van der Waals surface area contributed by atoms with Crippen molar-refractivity contribution in [2.45, 2.75) is 32.1 Å². The molecule has 1 aromatic carbocycles. The molecule has 0 unspecified atom stereocenters. The number of rotatable bonds is 5. The molecule has 1 aliphatic rings. The molecule has 0 saturated carbocycles. The third-order valence-electron chi connectivity index (χ3n) is 4.15. The Bertz CT molecular complexity index is 730. The van der Waals surface area contributed by atoms with Crippen molar-refractivity contribution in [3.8, 4) is 0 Å². The lowest BCUT2D eigenvalue weighted by Crippen LogP contribution is -2.45. The summed E-state index contributed by atoms with van der Waals surface area (Å²) in [6.45, 7) is 1.85. The topological polar surface area (TPSA) is 64.4 Å². The van der Waals surface area contributed by atoms with Gasteiger partial charge >= 0.3 is 5.69 Å². The van der Waals surface area contributed by atoms with Crippen LogP contribution >= 0.6 is 0 Å². The van der Waals surface area contributed by atoms with E-state index in [0.29, 0.717) is 19.7 Å². The summed E-state index contributed by atoms with van der Waals surface area (Å²) in [6, 6.07) is 11.7. The number of aromatic nitrogens is 2. The van der Waals surface area contributed by atoms with Gasteiger partial charge in [0.2, 0.25) is 5.91 Å². The Morgan fingerprint density at radius 1 is 1.25 bits per heavy atom. The van der Waals surface area contributed by atoms with Crippen molar-refractivity contribution in [3.63, 3.8) is 0 Å². The zero-order valence-electron chi connectivity index (χ0n) is 13.5. The van der Waals surface area contributed by atoms with Gasteiger partial charge in [0.15, 0.2) is 0 Å². The van der Waals surface area contributed by atoms with Crippen LogP contribution in [0.4, 0.5) is 0 Å². The molecule has 3 rings (SSSR count). The summed E-state index contributed by atoms with van der Waals surface area (Å²) in [7, 11) is 0. The molecule has 0 bridgehead atoms. The first-order chi connectivity index (χ1) is 11.7. The minimum Gasteiger partial charge on any atom is -0.372 e. The Kier molecular flexibility index (Phi) is 5.38. The van der Waals surface area contributed by atoms with Gasteiger partial charge in [0.05, 0.1) is 12.7 Å². The average Bonchev–Trinajstić information content (AvgIpc) is 2.63. The number of amides is 1. The summed E-state index contributed by atoms with van der Waals surface area (Å²) in [4.78, 5) is 29.5. The number of piperidine rings is 1. The molecule has 1 fully saturated rings. The van der Waals surface area contributed by atoms with E-state index < -0.39 is 5.69 Å². The maximum absolute atomic E-state index is 12.4. The van der Waals surface area contributed by atoms with E-state index in [4.69, 9.17) is 4.74 Å². The average molecular weight is 327 g/mol.